The van der Waals surface area contributed by atoms with Gasteiger partial charge in [-0.3, -0.25) is 9.59 Å². The SMILES string of the molecule is COc1cc(C=Nn2c(C)nc3ccc(Br)cc3c2=O)cc(Cl)c1OCC(=O)N1CCOCC1. The van der Waals surface area contributed by atoms with E-state index in [4.69, 9.17) is 25.8 Å². The zero-order valence-corrected chi connectivity index (χ0v) is 20.9. The first kappa shape index (κ1) is 24.2. The maximum atomic E-state index is 12.9. The summed E-state index contributed by atoms with van der Waals surface area (Å²) in [6, 6.07) is 8.59. The van der Waals surface area contributed by atoms with Crippen molar-refractivity contribution in [2.45, 2.75) is 6.92 Å². The zero-order valence-electron chi connectivity index (χ0n) is 18.6. The average Bonchev–Trinajstić information content (AvgIpc) is 2.83. The molecule has 0 saturated carbocycles. The molecule has 0 unspecified atom stereocenters. The molecule has 1 aliphatic heterocycles. The first-order chi connectivity index (χ1) is 16.4. The van der Waals surface area contributed by atoms with E-state index in [1.807, 2.05) is 6.07 Å². The minimum absolute atomic E-state index is 0.155. The molecule has 1 fully saturated rings. The Kier molecular flexibility index (Phi) is 7.50. The molecule has 0 spiro atoms. The average molecular weight is 550 g/mol. The number of amides is 1. The largest absolute Gasteiger partial charge is 0.493 e. The number of hydrogen-bond acceptors (Lipinski definition) is 7. The van der Waals surface area contributed by atoms with Crippen LogP contribution in [0.2, 0.25) is 5.02 Å². The highest BCUT2D eigenvalue weighted by molar-refractivity contribution is 9.10. The predicted molar refractivity (Wildman–Crippen MR) is 132 cm³/mol. The molecule has 4 rings (SSSR count). The molecule has 0 bridgehead atoms. The second-order valence-corrected chi connectivity index (χ2v) is 8.82. The summed E-state index contributed by atoms with van der Waals surface area (Å²) in [4.78, 5) is 31.4. The number of morpholine rings is 1. The second-order valence-electron chi connectivity index (χ2n) is 7.50. The molecular formula is C23H22BrClN4O5. The highest BCUT2D eigenvalue weighted by atomic mass is 79.9. The van der Waals surface area contributed by atoms with Crippen LogP contribution in [-0.4, -0.2) is 66.7 Å². The number of aryl methyl sites for hydroxylation is 1. The minimum Gasteiger partial charge on any atom is -0.493 e. The number of halogens is 2. The Balaban J connectivity index is 1.57. The molecule has 9 nitrogen and oxygen atoms in total. The van der Waals surface area contributed by atoms with E-state index in [-0.39, 0.29) is 28.8 Å². The first-order valence-electron chi connectivity index (χ1n) is 10.5. The topological polar surface area (TPSA) is 95.2 Å². The van der Waals surface area contributed by atoms with Gasteiger partial charge < -0.3 is 19.1 Å². The van der Waals surface area contributed by atoms with Gasteiger partial charge in [0.2, 0.25) is 0 Å². The van der Waals surface area contributed by atoms with Gasteiger partial charge >= 0.3 is 0 Å². The molecule has 11 heteroatoms. The van der Waals surface area contributed by atoms with Gasteiger partial charge in [-0.25, -0.2) is 4.98 Å². The van der Waals surface area contributed by atoms with Crippen LogP contribution in [0.1, 0.15) is 11.4 Å². The molecule has 3 aromatic rings. The lowest BCUT2D eigenvalue weighted by Crippen LogP contribution is -2.43. The smallest absolute Gasteiger partial charge is 0.282 e. The van der Waals surface area contributed by atoms with Crippen LogP contribution >= 0.6 is 27.5 Å². The van der Waals surface area contributed by atoms with Crippen molar-refractivity contribution in [2.75, 3.05) is 40.0 Å². The number of nitrogens with zero attached hydrogens (tertiary/aromatic N) is 4. The number of rotatable bonds is 6. The summed E-state index contributed by atoms with van der Waals surface area (Å²) in [6.07, 6.45) is 1.48. The monoisotopic (exact) mass is 548 g/mol. The fourth-order valence-electron chi connectivity index (χ4n) is 3.51. The minimum atomic E-state index is -0.292. The lowest BCUT2D eigenvalue weighted by molar-refractivity contribution is -0.137. The molecule has 0 radical (unpaired) electrons. The van der Waals surface area contributed by atoms with Crippen molar-refractivity contribution in [3.8, 4) is 11.5 Å². The third kappa shape index (κ3) is 5.24. The summed E-state index contributed by atoms with van der Waals surface area (Å²) < 4.78 is 18.4. The van der Waals surface area contributed by atoms with Crippen LogP contribution in [-0.2, 0) is 9.53 Å². The van der Waals surface area contributed by atoms with Gasteiger partial charge in [-0.1, -0.05) is 27.5 Å². The van der Waals surface area contributed by atoms with Gasteiger partial charge in [0.15, 0.2) is 18.1 Å². The lowest BCUT2D eigenvalue weighted by atomic mass is 10.2. The van der Waals surface area contributed by atoms with Crippen molar-refractivity contribution in [3.63, 3.8) is 0 Å². The van der Waals surface area contributed by atoms with E-state index in [0.717, 1.165) is 4.47 Å². The van der Waals surface area contributed by atoms with E-state index in [9.17, 15) is 9.59 Å². The lowest BCUT2D eigenvalue weighted by Gasteiger charge is -2.26. The molecule has 34 heavy (non-hydrogen) atoms. The van der Waals surface area contributed by atoms with Gasteiger partial charge in [-0.05, 0) is 42.8 Å². The Hall–Kier alpha value is -2.95. The maximum Gasteiger partial charge on any atom is 0.282 e. The number of hydrogen-bond donors (Lipinski definition) is 0. The molecule has 2 aromatic carbocycles. The Morgan fingerprint density at radius 2 is 2.06 bits per heavy atom. The van der Waals surface area contributed by atoms with Crippen molar-refractivity contribution >= 4 is 50.6 Å². The molecule has 0 atom stereocenters. The van der Waals surface area contributed by atoms with Crippen LogP contribution < -0.4 is 15.0 Å². The first-order valence-corrected chi connectivity index (χ1v) is 11.6. The van der Waals surface area contributed by atoms with Crippen LogP contribution in [0.4, 0.5) is 0 Å². The normalized spacial score (nSPS) is 14.1. The number of fused-ring (bicyclic) bond motifs is 1. The van der Waals surface area contributed by atoms with Crippen LogP contribution in [0.25, 0.3) is 10.9 Å². The number of carbonyl (C=O) groups excluding carboxylic acids is 1. The fraction of sp³-hybridized carbons (Fsp3) is 0.304. The van der Waals surface area contributed by atoms with E-state index in [1.54, 1.807) is 36.1 Å². The molecule has 178 valence electrons. The number of aromatic nitrogens is 2. The molecule has 0 aliphatic carbocycles. The van der Waals surface area contributed by atoms with Gasteiger partial charge in [-0.2, -0.15) is 9.78 Å². The molecule has 2 heterocycles. The van der Waals surface area contributed by atoms with Crippen LogP contribution in [0.3, 0.4) is 0 Å². The summed E-state index contributed by atoms with van der Waals surface area (Å²) in [5.74, 6) is 0.884. The summed E-state index contributed by atoms with van der Waals surface area (Å²) >= 11 is 9.80. The van der Waals surface area contributed by atoms with E-state index >= 15 is 0 Å². The molecule has 1 aliphatic rings. The van der Waals surface area contributed by atoms with Gasteiger partial charge in [0.05, 0.1) is 42.5 Å². The number of carbonyl (C=O) groups is 1. The quantitative estimate of drug-likeness (QED) is 0.438. The fourth-order valence-corrected chi connectivity index (χ4v) is 4.15. The third-order valence-corrected chi connectivity index (χ3v) is 6.02. The van der Waals surface area contributed by atoms with Crippen molar-refractivity contribution in [1.82, 2.24) is 14.6 Å². The predicted octanol–water partition coefficient (Wildman–Crippen LogP) is 3.25. The highest BCUT2D eigenvalue weighted by Gasteiger charge is 2.19. The summed E-state index contributed by atoms with van der Waals surface area (Å²) in [7, 11) is 1.48. The van der Waals surface area contributed by atoms with E-state index in [2.05, 4.69) is 26.0 Å². The Bertz CT molecular complexity index is 1320. The van der Waals surface area contributed by atoms with Crippen LogP contribution in [0.5, 0.6) is 11.5 Å². The van der Waals surface area contributed by atoms with Crippen LogP contribution in [0.15, 0.2) is 44.7 Å². The number of benzene rings is 2. The Morgan fingerprint density at radius 3 is 2.79 bits per heavy atom. The van der Waals surface area contributed by atoms with Crippen LogP contribution in [0, 0.1) is 6.92 Å². The van der Waals surface area contributed by atoms with E-state index < -0.39 is 0 Å². The van der Waals surface area contributed by atoms with Gasteiger partial charge in [0, 0.05) is 17.6 Å². The van der Waals surface area contributed by atoms with Gasteiger partial charge in [0.1, 0.15) is 5.82 Å². The zero-order chi connectivity index (χ0) is 24.2. The summed E-state index contributed by atoms with van der Waals surface area (Å²) in [5, 5.41) is 5.01. The molecule has 1 aromatic heterocycles. The molecular weight excluding hydrogens is 528 g/mol. The van der Waals surface area contributed by atoms with Gasteiger partial charge in [0.25, 0.3) is 11.5 Å². The standard InChI is InChI=1S/C23H22BrClN4O5/c1-14-27-19-4-3-16(24)11-17(19)23(31)29(14)26-12-15-9-18(25)22(20(10-15)32-2)34-13-21(30)28-5-7-33-8-6-28/h3-4,9-12H,5-8,13H2,1-2H3. The maximum absolute atomic E-state index is 12.9. The Morgan fingerprint density at radius 1 is 1.29 bits per heavy atom. The highest BCUT2D eigenvalue weighted by Crippen LogP contribution is 2.36. The van der Waals surface area contributed by atoms with Crippen molar-refractivity contribution in [2.24, 2.45) is 5.10 Å². The van der Waals surface area contributed by atoms with Crippen molar-refractivity contribution < 1.29 is 19.0 Å². The second kappa shape index (κ2) is 10.5. The summed E-state index contributed by atoms with van der Waals surface area (Å²) in [6.45, 7) is 3.61. The van der Waals surface area contributed by atoms with Gasteiger partial charge in [-0.15, -0.1) is 0 Å². The van der Waals surface area contributed by atoms with E-state index in [0.29, 0.717) is 54.3 Å². The number of ether oxygens (including phenoxy) is 3. The van der Waals surface area contributed by atoms with Crippen molar-refractivity contribution in [3.05, 3.63) is 61.6 Å². The summed E-state index contributed by atoms with van der Waals surface area (Å²) in [5.41, 5.74) is 0.879. The molecule has 1 amide bonds. The van der Waals surface area contributed by atoms with Crippen molar-refractivity contribution in [1.29, 1.82) is 0 Å². The molecule has 1 saturated heterocycles. The van der Waals surface area contributed by atoms with E-state index in [1.165, 1.54) is 18.0 Å². The molecule has 0 N–H and O–H groups in total. The third-order valence-electron chi connectivity index (χ3n) is 5.25. The number of methoxy groups -OCH3 is 1. The Labute approximate surface area is 209 Å².